The van der Waals surface area contributed by atoms with Gasteiger partial charge in [-0.2, -0.15) is 0 Å². The molecule has 0 fully saturated rings. The van der Waals surface area contributed by atoms with Crippen molar-refractivity contribution >= 4 is 21.5 Å². The van der Waals surface area contributed by atoms with Crippen LogP contribution in [0.4, 0.5) is 0 Å². The molecular formula is C88H84O2. The molecule has 2 atom stereocenters. The van der Waals surface area contributed by atoms with Crippen LogP contribution in [-0.4, -0.2) is 10.2 Å². The molecular weight excluding hydrogens is 1090 g/mol. The van der Waals surface area contributed by atoms with E-state index in [-0.39, 0.29) is 32.5 Å². The van der Waals surface area contributed by atoms with Crippen LogP contribution in [0.2, 0.25) is 0 Å². The largest absolute Gasteiger partial charge is 0.370 e. The molecule has 0 aromatic heterocycles. The molecule has 1 aliphatic rings. The molecule has 2 heteroatoms. The van der Waals surface area contributed by atoms with Gasteiger partial charge in [-0.3, -0.25) is 0 Å². The monoisotopic (exact) mass is 1170 g/mol. The molecule has 448 valence electrons. The highest BCUT2D eigenvalue weighted by atomic mass is 16.4. The Morgan fingerprint density at radius 2 is 0.422 bits per heavy atom. The van der Waals surface area contributed by atoms with Crippen molar-refractivity contribution in [3.8, 4) is 71.0 Å². The van der Waals surface area contributed by atoms with Gasteiger partial charge in [0.2, 0.25) is 0 Å². The van der Waals surface area contributed by atoms with E-state index in [0.29, 0.717) is 66.1 Å². The van der Waals surface area contributed by atoms with Crippen LogP contribution in [0.1, 0.15) is 225 Å². The zero-order chi connectivity index (χ0) is 65.0. The van der Waals surface area contributed by atoms with Crippen molar-refractivity contribution in [2.45, 2.75) is 168 Å². The molecule has 9 aromatic carbocycles. The first-order valence-electron chi connectivity index (χ1n) is 31.4. The van der Waals surface area contributed by atoms with E-state index in [0.717, 1.165) is 33.4 Å². The first-order valence-corrected chi connectivity index (χ1v) is 31.4. The lowest BCUT2D eigenvalue weighted by atomic mass is 9.65. The Morgan fingerprint density at radius 1 is 0.233 bits per heavy atom. The van der Waals surface area contributed by atoms with Crippen molar-refractivity contribution in [1.82, 2.24) is 0 Å². The Morgan fingerprint density at radius 3 is 0.633 bits per heavy atom. The van der Waals surface area contributed by atoms with Crippen LogP contribution in [0, 0.1) is 71.0 Å². The SMILES string of the molecule is CC(C)(C)c1ccc(C#Cc2cc3c4c(c2)c(C#Cc2ccc(C(C)(C)C)cc2)c(C#Cc2ccc(C(C)(C)C)cc2)c2cc(C#Cc5ccc(C(C)(C)C)cc5)cc(c24)C(O)(C#Cc2ccc(C(C)(C)C)cc2)C3(O)C#Cc2ccc(C(C)(C)C)cc2)cc1. The van der Waals surface area contributed by atoms with Gasteiger partial charge in [-0.05, 0) is 174 Å². The normalized spacial score (nSPS) is 15.6. The average molecular weight is 1170 g/mol. The van der Waals surface area contributed by atoms with Crippen molar-refractivity contribution in [2.24, 2.45) is 0 Å². The van der Waals surface area contributed by atoms with Gasteiger partial charge in [0, 0.05) is 77.5 Å². The summed E-state index contributed by atoms with van der Waals surface area (Å²) in [6, 6.07) is 57.7. The molecule has 0 saturated heterocycles. The van der Waals surface area contributed by atoms with Crippen molar-refractivity contribution in [2.75, 3.05) is 0 Å². The molecule has 0 bridgehead atoms. The summed E-state index contributed by atoms with van der Waals surface area (Å²) < 4.78 is 0. The minimum Gasteiger partial charge on any atom is -0.370 e. The second kappa shape index (κ2) is 23.6. The molecule has 1 aliphatic carbocycles. The van der Waals surface area contributed by atoms with Gasteiger partial charge < -0.3 is 10.2 Å². The maximum Gasteiger partial charge on any atom is 0.197 e. The van der Waals surface area contributed by atoms with Gasteiger partial charge in [-0.25, -0.2) is 0 Å². The molecule has 2 unspecified atom stereocenters. The van der Waals surface area contributed by atoms with E-state index < -0.39 is 11.2 Å². The molecule has 2 N–H and O–H groups in total. The van der Waals surface area contributed by atoms with Crippen LogP contribution in [0.25, 0.3) is 21.5 Å². The fourth-order valence-electron chi connectivity index (χ4n) is 11.4. The minimum absolute atomic E-state index is 0.0431. The standard InChI is InChI=1S/C88H84O2/c1-81(2,3)67-37-23-59(24-38-67)19-21-65-55-75-73(49-35-61-27-41-69(42-28-61)83(7,8)9)74(50-36-62-29-43-70(44-30-62)84(10,11)12)76-56-66(22-20-60-25-39-68(40-26-60)82(4,5)6)58-78-80(76)79(75)77(57-65)87(89,53-51-63-31-45-71(46-32-63)85(13,14)15)88(78,90)54-52-64-33-47-72(48-34-64)86(16,17)18/h23-34,37-48,55-58,89-90H,1-18H3. The minimum atomic E-state index is -2.41. The van der Waals surface area contributed by atoms with E-state index in [1.807, 2.05) is 36.4 Å². The molecule has 0 aliphatic heterocycles. The molecule has 9 aromatic rings. The highest BCUT2D eigenvalue weighted by Crippen LogP contribution is 2.54. The van der Waals surface area contributed by atoms with Gasteiger partial charge in [0.1, 0.15) is 0 Å². The van der Waals surface area contributed by atoms with Crippen molar-refractivity contribution in [1.29, 1.82) is 0 Å². The van der Waals surface area contributed by atoms with Crippen molar-refractivity contribution in [3.05, 3.63) is 270 Å². The highest BCUT2D eigenvalue weighted by Gasteiger charge is 2.55. The first kappa shape index (κ1) is 63.8. The van der Waals surface area contributed by atoms with Crippen molar-refractivity contribution in [3.63, 3.8) is 0 Å². The van der Waals surface area contributed by atoms with E-state index >= 15 is 0 Å². The summed E-state index contributed by atoms with van der Waals surface area (Å²) >= 11 is 0. The number of hydrogen-bond donors (Lipinski definition) is 2. The van der Waals surface area contributed by atoms with Gasteiger partial charge in [0.25, 0.3) is 0 Å². The predicted octanol–water partition coefficient (Wildman–Crippen LogP) is 18.9. The lowest BCUT2D eigenvalue weighted by Gasteiger charge is -2.42. The van der Waals surface area contributed by atoms with Crippen LogP contribution >= 0.6 is 0 Å². The van der Waals surface area contributed by atoms with Gasteiger partial charge in [0.15, 0.2) is 11.2 Å². The molecule has 0 saturated carbocycles. The third kappa shape index (κ3) is 13.5. The van der Waals surface area contributed by atoms with Crippen LogP contribution in [0.15, 0.2) is 170 Å². The van der Waals surface area contributed by atoms with Crippen LogP contribution in [0.3, 0.4) is 0 Å². The fourth-order valence-corrected chi connectivity index (χ4v) is 11.4. The molecule has 10 rings (SSSR count). The smallest absolute Gasteiger partial charge is 0.197 e. The summed E-state index contributed by atoms with van der Waals surface area (Å²) in [7, 11) is 0. The molecule has 2 nitrogen and oxygen atoms in total. The molecule has 0 amide bonds. The Bertz CT molecular complexity index is 4360. The average Bonchev–Trinajstić information content (AvgIpc) is 0.680. The van der Waals surface area contributed by atoms with E-state index in [1.54, 1.807) is 0 Å². The number of rotatable bonds is 0. The Kier molecular flexibility index (Phi) is 16.7. The Labute approximate surface area is 538 Å². The first-order chi connectivity index (χ1) is 42.1. The summed E-state index contributed by atoms with van der Waals surface area (Å²) in [6.07, 6.45) is 0. The summed E-state index contributed by atoms with van der Waals surface area (Å²) in [5.41, 5.74) is 9.59. The van der Waals surface area contributed by atoms with E-state index in [4.69, 9.17) is 0 Å². The highest BCUT2D eigenvalue weighted by molar-refractivity contribution is 6.18. The van der Waals surface area contributed by atoms with E-state index in [2.05, 4.69) is 329 Å². The fraction of sp³-hybridized carbons (Fsp3) is 0.295. The predicted molar refractivity (Wildman–Crippen MR) is 378 cm³/mol. The molecule has 0 spiro atoms. The molecule has 0 radical (unpaired) electrons. The zero-order valence-corrected chi connectivity index (χ0v) is 56.1. The van der Waals surface area contributed by atoms with Gasteiger partial charge in [0.05, 0.1) is 0 Å². The summed E-state index contributed by atoms with van der Waals surface area (Å²) in [5.74, 6) is 42.1. The van der Waals surface area contributed by atoms with Crippen LogP contribution in [-0.2, 0) is 43.7 Å². The summed E-state index contributed by atoms with van der Waals surface area (Å²) in [4.78, 5) is 0. The maximum absolute atomic E-state index is 14.5. The quantitative estimate of drug-likeness (QED) is 0.117. The third-order valence-corrected chi connectivity index (χ3v) is 17.3. The van der Waals surface area contributed by atoms with Crippen LogP contribution < -0.4 is 0 Å². The van der Waals surface area contributed by atoms with E-state index in [9.17, 15) is 10.2 Å². The Hall–Kier alpha value is -9.22. The second-order valence-corrected chi connectivity index (χ2v) is 30.5. The lowest BCUT2D eigenvalue weighted by Crippen LogP contribution is -2.50. The lowest BCUT2D eigenvalue weighted by molar-refractivity contribution is -0.0884. The van der Waals surface area contributed by atoms with Crippen LogP contribution in [0.5, 0.6) is 0 Å². The topological polar surface area (TPSA) is 40.5 Å². The zero-order valence-electron chi connectivity index (χ0n) is 56.1. The number of aliphatic hydroxyl groups is 2. The van der Waals surface area contributed by atoms with Gasteiger partial charge in [-0.15, -0.1) is 0 Å². The molecule has 90 heavy (non-hydrogen) atoms. The van der Waals surface area contributed by atoms with Gasteiger partial charge in [-0.1, -0.05) is 268 Å². The second-order valence-electron chi connectivity index (χ2n) is 30.5. The summed E-state index contributed by atoms with van der Waals surface area (Å²) in [6.45, 7) is 39.5. The van der Waals surface area contributed by atoms with E-state index in [1.165, 1.54) is 22.3 Å². The third-order valence-electron chi connectivity index (χ3n) is 17.3. The van der Waals surface area contributed by atoms with Gasteiger partial charge >= 0.3 is 0 Å². The number of benzene rings is 9. The maximum atomic E-state index is 14.5. The number of hydrogen-bond acceptors (Lipinski definition) is 2. The molecule has 0 heterocycles. The van der Waals surface area contributed by atoms with Crippen molar-refractivity contribution < 1.29 is 10.2 Å². The Balaban J connectivity index is 1.38. The summed E-state index contributed by atoms with van der Waals surface area (Å²) in [5, 5.41) is 31.7.